The minimum atomic E-state index is -0.265. The number of thiazole rings is 1. The Morgan fingerprint density at radius 2 is 2.14 bits per heavy atom. The second-order valence-corrected chi connectivity index (χ2v) is 5.72. The van der Waals surface area contributed by atoms with E-state index in [9.17, 15) is 4.79 Å². The summed E-state index contributed by atoms with van der Waals surface area (Å²) in [5, 5.41) is 9.19. The second-order valence-electron chi connectivity index (χ2n) is 4.57. The molecule has 2 heterocycles. The van der Waals surface area contributed by atoms with Crippen LogP contribution < -0.4 is 5.32 Å². The average molecular weight is 334 g/mol. The lowest BCUT2D eigenvalue weighted by atomic mass is 10.1. The summed E-state index contributed by atoms with van der Waals surface area (Å²) in [5.41, 5.74) is 3.81. The molecular weight excluding hydrogens is 322 g/mol. The molecule has 5 nitrogen and oxygen atoms in total. The highest BCUT2D eigenvalue weighted by molar-refractivity contribution is 7.07. The molecule has 0 fully saturated rings. The Balaban J connectivity index is 1.60. The number of aromatic nitrogens is 2. The summed E-state index contributed by atoms with van der Waals surface area (Å²) in [7, 11) is 0. The quantitative estimate of drug-likeness (QED) is 0.776. The standard InChI is InChI=1S/C15H12ClN3O2S/c16-11-3-1-10(2-4-11)14-7-13(19-21-14)15(20)17-6-5-12-8-22-9-18-12/h1-4,7-9H,5-6H2,(H,17,20). The first-order valence-electron chi connectivity index (χ1n) is 6.60. The summed E-state index contributed by atoms with van der Waals surface area (Å²) in [4.78, 5) is 16.2. The van der Waals surface area contributed by atoms with Crippen molar-refractivity contribution >= 4 is 28.8 Å². The van der Waals surface area contributed by atoms with E-state index in [4.69, 9.17) is 16.1 Å². The maximum atomic E-state index is 12.0. The van der Waals surface area contributed by atoms with Crippen LogP contribution in [0.3, 0.4) is 0 Å². The molecule has 0 bridgehead atoms. The highest BCUT2D eigenvalue weighted by atomic mass is 35.5. The van der Waals surface area contributed by atoms with Gasteiger partial charge in [-0.2, -0.15) is 0 Å². The normalized spacial score (nSPS) is 10.6. The molecule has 0 aliphatic carbocycles. The molecule has 1 amide bonds. The zero-order valence-electron chi connectivity index (χ0n) is 11.5. The Hall–Kier alpha value is -2.18. The van der Waals surface area contributed by atoms with Gasteiger partial charge in [-0.15, -0.1) is 11.3 Å². The molecule has 2 aromatic heterocycles. The third-order valence-electron chi connectivity index (χ3n) is 3.02. The third-order valence-corrected chi connectivity index (χ3v) is 3.91. The smallest absolute Gasteiger partial charge is 0.273 e. The van der Waals surface area contributed by atoms with Crippen LogP contribution >= 0.6 is 22.9 Å². The number of carbonyl (C=O) groups excluding carboxylic acids is 1. The van der Waals surface area contributed by atoms with Crippen molar-refractivity contribution in [3.05, 3.63) is 57.6 Å². The summed E-state index contributed by atoms with van der Waals surface area (Å²) < 4.78 is 5.20. The van der Waals surface area contributed by atoms with Crippen molar-refractivity contribution in [1.29, 1.82) is 0 Å². The maximum Gasteiger partial charge on any atom is 0.273 e. The van der Waals surface area contributed by atoms with Gasteiger partial charge in [-0.05, 0) is 24.3 Å². The molecule has 0 saturated carbocycles. The molecule has 0 unspecified atom stereocenters. The van der Waals surface area contributed by atoms with Crippen LogP contribution in [0.4, 0.5) is 0 Å². The number of carbonyl (C=O) groups is 1. The van der Waals surface area contributed by atoms with Gasteiger partial charge in [0.1, 0.15) is 0 Å². The lowest BCUT2D eigenvalue weighted by Crippen LogP contribution is -2.25. The summed E-state index contributed by atoms with van der Waals surface area (Å²) >= 11 is 7.38. The van der Waals surface area contributed by atoms with Gasteiger partial charge in [-0.1, -0.05) is 16.8 Å². The van der Waals surface area contributed by atoms with Gasteiger partial charge in [0.25, 0.3) is 5.91 Å². The fraction of sp³-hybridized carbons (Fsp3) is 0.133. The van der Waals surface area contributed by atoms with Crippen LogP contribution in [-0.2, 0) is 6.42 Å². The molecule has 3 rings (SSSR count). The second kappa shape index (κ2) is 6.72. The minimum Gasteiger partial charge on any atom is -0.355 e. The number of rotatable bonds is 5. The van der Waals surface area contributed by atoms with E-state index in [1.54, 1.807) is 23.7 Å². The Bertz CT molecular complexity index is 753. The summed E-state index contributed by atoms with van der Waals surface area (Å²) in [6.07, 6.45) is 0.692. The maximum absolute atomic E-state index is 12.0. The third kappa shape index (κ3) is 3.52. The lowest BCUT2D eigenvalue weighted by Gasteiger charge is -2.00. The minimum absolute atomic E-state index is 0.253. The summed E-state index contributed by atoms with van der Waals surface area (Å²) in [6, 6.07) is 8.75. The van der Waals surface area contributed by atoms with Crippen LogP contribution in [0.2, 0.25) is 5.02 Å². The van der Waals surface area contributed by atoms with Crippen LogP contribution in [0.25, 0.3) is 11.3 Å². The number of halogens is 1. The van der Waals surface area contributed by atoms with Gasteiger partial charge in [0.15, 0.2) is 11.5 Å². The zero-order valence-corrected chi connectivity index (χ0v) is 13.0. The van der Waals surface area contributed by atoms with Crippen molar-refractivity contribution < 1.29 is 9.32 Å². The first-order valence-corrected chi connectivity index (χ1v) is 7.92. The summed E-state index contributed by atoms with van der Waals surface area (Å²) in [5.74, 6) is 0.264. The topological polar surface area (TPSA) is 68.0 Å². The first-order chi connectivity index (χ1) is 10.7. The van der Waals surface area contributed by atoms with Crippen molar-refractivity contribution in [2.24, 2.45) is 0 Å². The molecule has 7 heteroatoms. The molecule has 0 aliphatic rings. The van der Waals surface area contributed by atoms with Crippen LogP contribution in [-0.4, -0.2) is 22.6 Å². The Morgan fingerprint density at radius 1 is 1.32 bits per heavy atom. The van der Waals surface area contributed by atoms with Gasteiger partial charge in [-0.25, -0.2) is 4.98 Å². The van der Waals surface area contributed by atoms with Gasteiger partial charge >= 0.3 is 0 Å². The van der Waals surface area contributed by atoms with E-state index < -0.39 is 0 Å². The SMILES string of the molecule is O=C(NCCc1cscn1)c1cc(-c2ccc(Cl)cc2)on1. The fourth-order valence-corrected chi connectivity index (χ4v) is 2.61. The number of amides is 1. The van der Waals surface area contributed by atoms with E-state index in [1.165, 1.54) is 11.3 Å². The monoisotopic (exact) mass is 333 g/mol. The molecule has 112 valence electrons. The van der Waals surface area contributed by atoms with Crippen molar-refractivity contribution in [3.63, 3.8) is 0 Å². The molecule has 0 aliphatic heterocycles. The highest BCUT2D eigenvalue weighted by Gasteiger charge is 2.13. The molecule has 0 atom stereocenters. The van der Waals surface area contributed by atoms with Gasteiger partial charge in [0, 0.05) is 35.0 Å². The van der Waals surface area contributed by atoms with E-state index in [0.29, 0.717) is 23.7 Å². The van der Waals surface area contributed by atoms with Crippen LogP contribution in [0.15, 0.2) is 45.7 Å². The summed E-state index contributed by atoms with van der Waals surface area (Å²) in [6.45, 7) is 0.506. The van der Waals surface area contributed by atoms with E-state index >= 15 is 0 Å². The number of benzene rings is 1. The van der Waals surface area contributed by atoms with E-state index in [2.05, 4.69) is 15.5 Å². The number of nitrogens with one attached hydrogen (secondary N) is 1. The van der Waals surface area contributed by atoms with E-state index in [0.717, 1.165) is 11.3 Å². The fourth-order valence-electron chi connectivity index (χ4n) is 1.89. The largest absolute Gasteiger partial charge is 0.355 e. The van der Waals surface area contributed by atoms with E-state index in [-0.39, 0.29) is 11.6 Å². The predicted octanol–water partition coefficient (Wildman–Crippen LogP) is 3.42. The van der Waals surface area contributed by atoms with Crippen molar-refractivity contribution in [3.8, 4) is 11.3 Å². The molecule has 1 aromatic carbocycles. The van der Waals surface area contributed by atoms with Crippen molar-refractivity contribution in [1.82, 2.24) is 15.5 Å². The van der Waals surface area contributed by atoms with Gasteiger partial charge in [-0.3, -0.25) is 4.79 Å². The zero-order chi connectivity index (χ0) is 15.4. The Morgan fingerprint density at radius 3 is 2.86 bits per heavy atom. The van der Waals surface area contributed by atoms with Gasteiger partial charge in [0.05, 0.1) is 11.2 Å². The van der Waals surface area contributed by atoms with Crippen LogP contribution in [0.5, 0.6) is 0 Å². The molecule has 0 saturated heterocycles. The number of hydrogen-bond donors (Lipinski definition) is 1. The van der Waals surface area contributed by atoms with Gasteiger partial charge < -0.3 is 9.84 Å². The van der Waals surface area contributed by atoms with Crippen molar-refractivity contribution in [2.45, 2.75) is 6.42 Å². The molecule has 0 radical (unpaired) electrons. The molecule has 1 N–H and O–H groups in total. The Labute approximate surface area is 135 Å². The molecule has 22 heavy (non-hydrogen) atoms. The highest BCUT2D eigenvalue weighted by Crippen LogP contribution is 2.22. The molecule has 3 aromatic rings. The van der Waals surface area contributed by atoms with Crippen LogP contribution in [0, 0.1) is 0 Å². The first kappa shape index (κ1) is 14.7. The van der Waals surface area contributed by atoms with Gasteiger partial charge in [0.2, 0.25) is 0 Å². The number of hydrogen-bond acceptors (Lipinski definition) is 5. The molecule has 0 spiro atoms. The van der Waals surface area contributed by atoms with Crippen molar-refractivity contribution in [2.75, 3.05) is 6.54 Å². The lowest BCUT2D eigenvalue weighted by molar-refractivity contribution is 0.0945. The molecular formula is C15H12ClN3O2S. The number of nitrogens with zero attached hydrogens (tertiary/aromatic N) is 2. The Kier molecular flexibility index (Phi) is 4.50. The predicted molar refractivity (Wildman–Crippen MR) is 85.1 cm³/mol. The average Bonchev–Trinajstić information content (AvgIpc) is 3.19. The van der Waals surface area contributed by atoms with E-state index in [1.807, 2.05) is 17.5 Å². The van der Waals surface area contributed by atoms with Crippen LogP contribution in [0.1, 0.15) is 16.2 Å².